The molecule has 1 aliphatic rings. The molecule has 1 amide bonds. The molecule has 0 bridgehead atoms. The van der Waals surface area contributed by atoms with Crippen LogP contribution in [0.2, 0.25) is 0 Å². The van der Waals surface area contributed by atoms with Crippen LogP contribution in [0.3, 0.4) is 0 Å². The number of carbonyl (C=O) groups excluding carboxylic acids is 1. The average Bonchev–Trinajstić information content (AvgIpc) is 2.90. The van der Waals surface area contributed by atoms with Gasteiger partial charge in [-0.3, -0.25) is 4.79 Å². The van der Waals surface area contributed by atoms with Gasteiger partial charge in [0.2, 0.25) is 5.91 Å². The molecule has 3 N–H and O–H groups in total. The first-order valence-electron chi connectivity index (χ1n) is 7.48. The molecule has 8 heteroatoms. The Kier molecular flexibility index (Phi) is 8.03. The quantitative estimate of drug-likeness (QED) is 0.803. The Hall–Kier alpha value is -0.820. The Morgan fingerprint density at radius 1 is 1.52 bits per heavy atom. The van der Waals surface area contributed by atoms with E-state index in [1.807, 2.05) is 38.5 Å². The van der Waals surface area contributed by atoms with E-state index in [0.29, 0.717) is 19.6 Å². The number of amides is 1. The summed E-state index contributed by atoms with van der Waals surface area (Å²) in [5.41, 5.74) is 5.13. The standard InChI is InChI=1S/C15H26N4O2.2ClH/c1-5-21-12-8-15(16,14(12,3)4)13(20)18-11(2)9-19-7-6-17-10-19;;/h6-7,10-12H,5,8-9,16H2,1-4H3,(H,18,20);2*1H. The number of ether oxygens (including phenoxy) is 1. The smallest absolute Gasteiger partial charge is 0.241 e. The lowest BCUT2D eigenvalue weighted by Gasteiger charge is -2.57. The van der Waals surface area contributed by atoms with Gasteiger partial charge in [-0.2, -0.15) is 0 Å². The SMILES string of the molecule is CCOC1CC(N)(C(=O)NC(C)Cn2ccnc2)C1(C)C.Cl.Cl. The van der Waals surface area contributed by atoms with Gasteiger partial charge in [0.25, 0.3) is 0 Å². The van der Waals surface area contributed by atoms with Crippen molar-refractivity contribution in [1.29, 1.82) is 0 Å². The highest BCUT2D eigenvalue weighted by Crippen LogP contribution is 2.49. The summed E-state index contributed by atoms with van der Waals surface area (Å²) in [6.07, 6.45) is 5.94. The van der Waals surface area contributed by atoms with Gasteiger partial charge in [-0.25, -0.2) is 4.98 Å². The van der Waals surface area contributed by atoms with Crippen LogP contribution in [0.1, 0.15) is 34.1 Å². The van der Waals surface area contributed by atoms with Crippen LogP contribution < -0.4 is 11.1 Å². The molecule has 0 spiro atoms. The van der Waals surface area contributed by atoms with E-state index in [1.54, 1.807) is 12.5 Å². The van der Waals surface area contributed by atoms with E-state index in [9.17, 15) is 4.79 Å². The molecule has 1 aliphatic carbocycles. The summed E-state index contributed by atoms with van der Waals surface area (Å²) in [6.45, 7) is 9.24. The van der Waals surface area contributed by atoms with Gasteiger partial charge in [-0.15, -0.1) is 24.8 Å². The molecule has 2 rings (SSSR count). The van der Waals surface area contributed by atoms with Crippen molar-refractivity contribution < 1.29 is 9.53 Å². The van der Waals surface area contributed by atoms with Crippen LogP contribution in [0.25, 0.3) is 0 Å². The number of carbonyl (C=O) groups is 1. The van der Waals surface area contributed by atoms with Gasteiger partial charge < -0.3 is 20.4 Å². The minimum atomic E-state index is -0.865. The molecule has 23 heavy (non-hydrogen) atoms. The number of nitrogens with two attached hydrogens (primary N) is 1. The summed E-state index contributed by atoms with van der Waals surface area (Å²) in [5.74, 6) is -0.101. The van der Waals surface area contributed by atoms with Gasteiger partial charge in [0.1, 0.15) is 5.54 Å². The molecule has 1 aromatic rings. The van der Waals surface area contributed by atoms with Crippen LogP contribution in [0, 0.1) is 5.41 Å². The molecule has 6 nitrogen and oxygen atoms in total. The number of hydrogen-bond acceptors (Lipinski definition) is 4. The van der Waals surface area contributed by atoms with Crippen molar-refractivity contribution in [2.24, 2.45) is 11.1 Å². The first kappa shape index (κ1) is 22.2. The third-order valence-corrected chi connectivity index (χ3v) is 4.66. The zero-order valence-electron chi connectivity index (χ0n) is 14.1. The van der Waals surface area contributed by atoms with Crippen molar-refractivity contribution >= 4 is 30.7 Å². The molecule has 134 valence electrons. The van der Waals surface area contributed by atoms with Crippen LogP contribution in [0.5, 0.6) is 0 Å². The number of halogens is 2. The van der Waals surface area contributed by atoms with E-state index < -0.39 is 5.54 Å². The zero-order valence-corrected chi connectivity index (χ0v) is 15.7. The lowest BCUT2D eigenvalue weighted by molar-refractivity contribution is -0.171. The maximum absolute atomic E-state index is 12.5. The van der Waals surface area contributed by atoms with Crippen molar-refractivity contribution in [2.75, 3.05) is 6.61 Å². The predicted molar refractivity (Wildman–Crippen MR) is 95.1 cm³/mol. The largest absolute Gasteiger partial charge is 0.378 e. The van der Waals surface area contributed by atoms with E-state index in [-0.39, 0.29) is 48.3 Å². The third kappa shape index (κ3) is 4.18. The van der Waals surface area contributed by atoms with Gasteiger partial charge in [0, 0.05) is 43.4 Å². The Bertz CT molecular complexity index is 496. The van der Waals surface area contributed by atoms with Crippen molar-refractivity contribution in [1.82, 2.24) is 14.9 Å². The Morgan fingerprint density at radius 3 is 2.65 bits per heavy atom. The summed E-state index contributed by atoms with van der Waals surface area (Å²) in [4.78, 5) is 16.5. The van der Waals surface area contributed by atoms with Gasteiger partial charge >= 0.3 is 0 Å². The van der Waals surface area contributed by atoms with E-state index in [1.165, 1.54) is 0 Å². The summed E-state index contributed by atoms with van der Waals surface area (Å²) < 4.78 is 7.59. The van der Waals surface area contributed by atoms with E-state index in [4.69, 9.17) is 10.5 Å². The first-order chi connectivity index (χ1) is 9.81. The van der Waals surface area contributed by atoms with Gasteiger partial charge in [0.15, 0.2) is 0 Å². The number of hydrogen-bond donors (Lipinski definition) is 2. The van der Waals surface area contributed by atoms with E-state index >= 15 is 0 Å². The Morgan fingerprint density at radius 2 is 2.17 bits per heavy atom. The Labute approximate surface area is 150 Å². The molecule has 3 unspecified atom stereocenters. The number of rotatable bonds is 6. The molecule has 0 saturated heterocycles. The van der Waals surface area contributed by atoms with Crippen LogP contribution in [0.15, 0.2) is 18.7 Å². The summed E-state index contributed by atoms with van der Waals surface area (Å²) in [5, 5.41) is 3.01. The first-order valence-corrected chi connectivity index (χ1v) is 7.48. The fourth-order valence-electron chi connectivity index (χ4n) is 2.93. The molecule has 0 aromatic carbocycles. The summed E-state index contributed by atoms with van der Waals surface area (Å²) in [6, 6.07) is -0.00549. The van der Waals surface area contributed by atoms with E-state index in [2.05, 4.69) is 10.3 Å². The molecule has 1 fully saturated rings. The fourth-order valence-corrected chi connectivity index (χ4v) is 2.93. The monoisotopic (exact) mass is 366 g/mol. The van der Waals surface area contributed by atoms with Crippen LogP contribution in [-0.2, 0) is 16.1 Å². The number of imidazole rings is 1. The molecule has 1 heterocycles. The second-order valence-electron chi connectivity index (χ2n) is 6.48. The lowest BCUT2D eigenvalue weighted by atomic mass is 9.54. The van der Waals surface area contributed by atoms with Crippen molar-refractivity contribution in [2.45, 2.75) is 58.3 Å². The van der Waals surface area contributed by atoms with Gasteiger partial charge in [-0.1, -0.05) is 13.8 Å². The molecule has 0 radical (unpaired) electrons. The zero-order chi connectivity index (χ0) is 15.7. The lowest BCUT2D eigenvalue weighted by Crippen LogP contribution is -2.76. The minimum Gasteiger partial charge on any atom is -0.378 e. The highest BCUT2D eigenvalue weighted by Gasteiger charge is 2.62. The topological polar surface area (TPSA) is 82.2 Å². The number of aromatic nitrogens is 2. The Balaban J connectivity index is 0.00000242. The van der Waals surface area contributed by atoms with Crippen LogP contribution >= 0.6 is 24.8 Å². The predicted octanol–water partition coefficient (Wildman–Crippen LogP) is 1.76. The second-order valence-corrected chi connectivity index (χ2v) is 6.48. The molecule has 3 atom stereocenters. The maximum Gasteiger partial charge on any atom is 0.241 e. The molecular formula is C15H28Cl2N4O2. The summed E-state index contributed by atoms with van der Waals surface area (Å²) >= 11 is 0. The molecular weight excluding hydrogens is 339 g/mol. The minimum absolute atomic E-state index is 0. The van der Waals surface area contributed by atoms with E-state index in [0.717, 1.165) is 0 Å². The fraction of sp³-hybridized carbons (Fsp3) is 0.733. The molecule has 1 saturated carbocycles. The number of nitrogens with zero attached hydrogens (tertiary/aromatic N) is 2. The highest BCUT2D eigenvalue weighted by molar-refractivity contribution is 5.89. The third-order valence-electron chi connectivity index (χ3n) is 4.66. The second kappa shape index (κ2) is 8.33. The van der Waals surface area contributed by atoms with Crippen molar-refractivity contribution in [3.05, 3.63) is 18.7 Å². The average molecular weight is 367 g/mol. The summed E-state index contributed by atoms with van der Waals surface area (Å²) in [7, 11) is 0. The van der Waals surface area contributed by atoms with Crippen molar-refractivity contribution in [3.63, 3.8) is 0 Å². The van der Waals surface area contributed by atoms with Crippen molar-refractivity contribution in [3.8, 4) is 0 Å². The van der Waals surface area contributed by atoms with Crippen LogP contribution in [0.4, 0.5) is 0 Å². The van der Waals surface area contributed by atoms with Crippen LogP contribution in [-0.4, -0.2) is 39.7 Å². The van der Waals surface area contributed by atoms with Gasteiger partial charge in [-0.05, 0) is 13.8 Å². The molecule has 1 aromatic heterocycles. The number of nitrogens with one attached hydrogen (secondary N) is 1. The normalized spacial score (nSPS) is 26.2. The molecule has 0 aliphatic heterocycles. The highest BCUT2D eigenvalue weighted by atomic mass is 35.5. The van der Waals surface area contributed by atoms with Gasteiger partial charge in [0.05, 0.1) is 12.4 Å². The maximum atomic E-state index is 12.5.